The van der Waals surface area contributed by atoms with E-state index < -0.39 is 39.8 Å². The Balaban J connectivity index is 3.20. The third-order valence-electron chi connectivity index (χ3n) is 2.59. The predicted octanol–water partition coefficient (Wildman–Crippen LogP) is 2.15. The van der Waals surface area contributed by atoms with Crippen molar-refractivity contribution in [2.24, 2.45) is 5.92 Å². The first-order chi connectivity index (χ1) is 9.29. The van der Waals surface area contributed by atoms with Gasteiger partial charge in [0.1, 0.15) is 17.4 Å². The fourth-order valence-electron chi connectivity index (χ4n) is 1.45. The lowest BCUT2D eigenvalue weighted by atomic mass is 10.0. The molecule has 1 aromatic carbocycles. The van der Waals surface area contributed by atoms with Crippen LogP contribution < -0.4 is 5.32 Å². The van der Waals surface area contributed by atoms with Gasteiger partial charge in [-0.1, -0.05) is 13.8 Å². The lowest BCUT2D eigenvalue weighted by Crippen LogP contribution is -2.38. The molecule has 1 N–H and O–H groups in total. The van der Waals surface area contributed by atoms with Crippen molar-refractivity contribution in [3.8, 4) is 6.07 Å². The number of nitriles is 1. The molecule has 0 aliphatic rings. The van der Waals surface area contributed by atoms with Gasteiger partial charge in [0.25, 0.3) is 5.91 Å². The average Bonchev–Trinajstić information content (AvgIpc) is 2.35. The maximum absolute atomic E-state index is 13.8. The molecule has 1 rings (SSSR count). The summed E-state index contributed by atoms with van der Waals surface area (Å²) >= 11 is 0. The van der Waals surface area contributed by atoms with Gasteiger partial charge in [-0.15, -0.1) is 0 Å². The van der Waals surface area contributed by atoms with Crippen LogP contribution in [0.1, 0.15) is 24.2 Å². The SMILES string of the molecule is CC(C)C(C#N)NC(=O)c1c(F)ccc([N+](=O)[O-])c1F. The number of carbonyl (C=O) groups excluding carboxylic acids is 1. The molecule has 0 radical (unpaired) electrons. The van der Waals surface area contributed by atoms with E-state index in [0.717, 1.165) is 0 Å². The first kappa shape index (κ1) is 15.5. The number of hydrogen-bond donors (Lipinski definition) is 1. The van der Waals surface area contributed by atoms with Crippen molar-refractivity contribution in [2.75, 3.05) is 0 Å². The highest BCUT2D eigenvalue weighted by Crippen LogP contribution is 2.23. The number of halogens is 2. The Morgan fingerprint density at radius 2 is 2.05 bits per heavy atom. The Labute approximate surface area is 113 Å². The van der Waals surface area contributed by atoms with Gasteiger partial charge < -0.3 is 5.32 Å². The van der Waals surface area contributed by atoms with Crippen LogP contribution in [0.2, 0.25) is 0 Å². The number of nitrogens with zero attached hydrogens (tertiary/aromatic N) is 2. The molecule has 106 valence electrons. The molecule has 0 aliphatic carbocycles. The van der Waals surface area contributed by atoms with Gasteiger partial charge in [0.2, 0.25) is 5.82 Å². The van der Waals surface area contributed by atoms with Crippen LogP contribution in [0.15, 0.2) is 12.1 Å². The number of nitro groups is 1. The number of nitro benzene ring substituents is 1. The second kappa shape index (κ2) is 6.06. The molecule has 1 unspecified atom stereocenters. The van der Waals surface area contributed by atoms with E-state index in [4.69, 9.17) is 5.26 Å². The average molecular weight is 283 g/mol. The molecule has 0 saturated heterocycles. The molecule has 1 atom stereocenters. The lowest BCUT2D eigenvalue weighted by molar-refractivity contribution is -0.387. The number of hydrogen-bond acceptors (Lipinski definition) is 4. The van der Waals surface area contributed by atoms with Crippen molar-refractivity contribution in [1.82, 2.24) is 5.32 Å². The van der Waals surface area contributed by atoms with E-state index in [-0.39, 0.29) is 5.92 Å². The Morgan fingerprint density at radius 3 is 2.50 bits per heavy atom. The van der Waals surface area contributed by atoms with Gasteiger partial charge in [-0.05, 0) is 12.0 Å². The molecule has 0 fully saturated rings. The molecule has 0 aromatic heterocycles. The van der Waals surface area contributed by atoms with Gasteiger partial charge >= 0.3 is 5.69 Å². The van der Waals surface area contributed by atoms with E-state index in [1.807, 2.05) is 0 Å². The van der Waals surface area contributed by atoms with Gasteiger partial charge in [0.05, 0.1) is 11.0 Å². The summed E-state index contributed by atoms with van der Waals surface area (Å²) in [6.07, 6.45) is 0. The summed E-state index contributed by atoms with van der Waals surface area (Å²) in [5, 5.41) is 21.5. The van der Waals surface area contributed by atoms with Crippen LogP contribution in [-0.4, -0.2) is 16.9 Å². The van der Waals surface area contributed by atoms with Crippen LogP contribution in [0.25, 0.3) is 0 Å². The standard InChI is InChI=1S/C12H11F2N3O3/c1-6(2)8(5-15)16-12(18)10-7(13)3-4-9(11(10)14)17(19)20/h3-4,6,8H,1-2H3,(H,16,18). The zero-order valence-electron chi connectivity index (χ0n) is 10.7. The van der Waals surface area contributed by atoms with E-state index in [2.05, 4.69) is 5.32 Å². The summed E-state index contributed by atoms with van der Waals surface area (Å²) in [7, 11) is 0. The molecule has 1 aromatic rings. The van der Waals surface area contributed by atoms with Crippen molar-refractivity contribution in [3.05, 3.63) is 39.4 Å². The van der Waals surface area contributed by atoms with Gasteiger partial charge in [-0.25, -0.2) is 4.39 Å². The number of rotatable bonds is 4. The van der Waals surface area contributed by atoms with Gasteiger partial charge in [0.15, 0.2) is 0 Å². The van der Waals surface area contributed by atoms with E-state index in [1.165, 1.54) is 0 Å². The molecule has 1 amide bonds. The Kier molecular flexibility index (Phi) is 4.69. The zero-order chi connectivity index (χ0) is 15.4. The van der Waals surface area contributed by atoms with E-state index >= 15 is 0 Å². The highest BCUT2D eigenvalue weighted by atomic mass is 19.1. The van der Waals surface area contributed by atoms with Crippen molar-refractivity contribution >= 4 is 11.6 Å². The van der Waals surface area contributed by atoms with Crippen molar-refractivity contribution < 1.29 is 18.5 Å². The summed E-state index contributed by atoms with van der Waals surface area (Å²) in [5.41, 5.74) is -2.07. The number of carbonyl (C=O) groups is 1. The highest BCUT2D eigenvalue weighted by Gasteiger charge is 2.28. The minimum absolute atomic E-state index is 0.284. The highest BCUT2D eigenvalue weighted by molar-refractivity contribution is 5.95. The molecule has 0 heterocycles. The molecule has 0 bridgehead atoms. The number of nitrogens with one attached hydrogen (secondary N) is 1. The van der Waals surface area contributed by atoms with Crippen LogP contribution in [0.4, 0.5) is 14.5 Å². The third-order valence-corrected chi connectivity index (χ3v) is 2.59. The largest absolute Gasteiger partial charge is 0.336 e. The van der Waals surface area contributed by atoms with Gasteiger partial charge in [-0.3, -0.25) is 14.9 Å². The molecule has 0 aliphatic heterocycles. The number of benzene rings is 1. The molecule has 0 saturated carbocycles. The van der Waals surface area contributed by atoms with E-state index in [0.29, 0.717) is 12.1 Å². The summed E-state index contributed by atoms with van der Waals surface area (Å²) in [5.74, 6) is -4.28. The second-order valence-electron chi connectivity index (χ2n) is 4.34. The quantitative estimate of drug-likeness (QED) is 0.676. The maximum Gasteiger partial charge on any atom is 0.305 e. The normalized spacial score (nSPS) is 11.8. The summed E-state index contributed by atoms with van der Waals surface area (Å²) in [6.45, 7) is 3.27. The molecular formula is C12H11F2N3O3. The minimum atomic E-state index is -1.56. The summed E-state index contributed by atoms with van der Waals surface area (Å²) in [4.78, 5) is 21.3. The fourth-order valence-corrected chi connectivity index (χ4v) is 1.45. The van der Waals surface area contributed by atoms with E-state index in [1.54, 1.807) is 19.9 Å². The first-order valence-corrected chi connectivity index (χ1v) is 5.62. The van der Waals surface area contributed by atoms with Crippen LogP contribution >= 0.6 is 0 Å². The van der Waals surface area contributed by atoms with Crippen molar-refractivity contribution in [2.45, 2.75) is 19.9 Å². The number of amides is 1. The van der Waals surface area contributed by atoms with Crippen LogP contribution in [0, 0.1) is 39.0 Å². The Bertz CT molecular complexity index is 596. The van der Waals surface area contributed by atoms with Crippen molar-refractivity contribution in [1.29, 1.82) is 5.26 Å². The zero-order valence-corrected chi connectivity index (χ0v) is 10.7. The molecule has 20 heavy (non-hydrogen) atoms. The minimum Gasteiger partial charge on any atom is -0.336 e. The summed E-state index contributed by atoms with van der Waals surface area (Å²) < 4.78 is 27.3. The molecule has 0 spiro atoms. The molecule has 6 nitrogen and oxygen atoms in total. The second-order valence-corrected chi connectivity index (χ2v) is 4.34. The van der Waals surface area contributed by atoms with Crippen LogP contribution in [0.3, 0.4) is 0 Å². The Morgan fingerprint density at radius 1 is 1.45 bits per heavy atom. The van der Waals surface area contributed by atoms with Gasteiger partial charge in [-0.2, -0.15) is 9.65 Å². The fraction of sp³-hybridized carbons (Fsp3) is 0.333. The third kappa shape index (κ3) is 3.06. The smallest absolute Gasteiger partial charge is 0.305 e. The van der Waals surface area contributed by atoms with Crippen molar-refractivity contribution in [3.63, 3.8) is 0 Å². The van der Waals surface area contributed by atoms with E-state index in [9.17, 15) is 23.7 Å². The monoisotopic (exact) mass is 283 g/mol. The van der Waals surface area contributed by atoms with Crippen LogP contribution in [-0.2, 0) is 0 Å². The summed E-state index contributed by atoms with van der Waals surface area (Å²) in [6, 6.07) is 2.07. The molecule has 8 heteroatoms. The van der Waals surface area contributed by atoms with Crippen LogP contribution in [0.5, 0.6) is 0 Å². The first-order valence-electron chi connectivity index (χ1n) is 5.62. The topological polar surface area (TPSA) is 96.0 Å². The predicted molar refractivity (Wildman–Crippen MR) is 64.7 cm³/mol. The maximum atomic E-state index is 13.8. The molecular weight excluding hydrogens is 272 g/mol. The lowest BCUT2D eigenvalue weighted by Gasteiger charge is -2.15. The Hall–Kier alpha value is -2.56. The van der Waals surface area contributed by atoms with Gasteiger partial charge in [0, 0.05) is 6.07 Å².